The van der Waals surface area contributed by atoms with Crippen LogP contribution < -0.4 is 4.74 Å². The number of ketones is 1. The summed E-state index contributed by atoms with van der Waals surface area (Å²) >= 11 is 0. The predicted molar refractivity (Wildman–Crippen MR) is 87.2 cm³/mol. The molecule has 0 aliphatic heterocycles. The summed E-state index contributed by atoms with van der Waals surface area (Å²) in [6, 6.07) is 6.63. The fourth-order valence-corrected chi connectivity index (χ4v) is 6.01. The van der Waals surface area contributed by atoms with Crippen molar-refractivity contribution in [3.8, 4) is 5.75 Å². The summed E-state index contributed by atoms with van der Waals surface area (Å²) in [6.45, 7) is 4.62. The summed E-state index contributed by atoms with van der Waals surface area (Å²) in [5.41, 5.74) is 2.97. The molecule has 1 aromatic carbocycles. The van der Waals surface area contributed by atoms with Gasteiger partial charge in [0, 0.05) is 11.8 Å². The third-order valence-electron chi connectivity index (χ3n) is 6.93. The van der Waals surface area contributed by atoms with Gasteiger partial charge in [0.05, 0.1) is 7.11 Å². The Morgan fingerprint density at radius 1 is 1.23 bits per heavy atom. The second-order valence-electron chi connectivity index (χ2n) is 7.96. The molecule has 2 fully saturated rings. The van der Waals surface area contributed by atoms with Crippen LogP contribution in [0.25, 0.3) is 0 Å². The van der Waals surface area contributed by atoms with Gasteiger partial charge in [-0.2, -0.15) is 0 Å². The van der Waals surface area contributed by atoms with Crippen molar-refractivity contribution in [3.05, 3.63) is 29.3 Å². The molecule has 0 spiro atoms. The van der Waals surface area contributed by atoms with E-state index in [2.05, 4.69) is 32.0 Å². The van der Waals surface area contributed by atoms with Gasteiger partial charge >= 0.3 is 0 Å². The number of Topliss-reactive ketones (excluding diaryl/α,β-unsaturated/α-hetero) is 1. The third-order valence-corrected chi connectivity index (χ3v) is 6.93. The van der Waals surface area contributed by atoms with Crippen LogP contribution in [-0.2, 0) is 11.2 Å². The van der Waals surface area contributed by atoms with Crippen molar-refractivity contribution in [2.24, 2.45) is 23.2 Å². The van der Waals surface area contributed by atoms with Crippen molar-refractivity contribution >= 4 is 5.78 Å². The number of benzene rings is 1. The lowest BCUT2D eigenvalue weighted by molar-refractivity contribution is -0.130. The maximum atomic E-state index is 12.5. The smallest absolute Gasteiger partial charge is 0.139 e. The average molecular weight is 298 g/mol. The van der Waals surface area contributed by atoms with Crippen LogP contribution in [0.15, 0.2) is 18.2 Å². The van der Waals surface area contributed by atoms with Gasteiger partial charge in [-0.05, 0) is 72.6 Å². The molecule has 5 atom stereocenters. The molecular formula is C20H26O2. The minimum absolute atomic E-state index is 0.0371. The number of carbonyl (C=O) groups excluding carboxylic acids is 1. The number of hydrogen-bond donors (Lipinski definition) is 0. The zero-order valence-corrected chi connectivity index (χ0v) is 13.9. The second-order valence-corrected chi connectivity index (χ2v) is 7.96. The van der Waals surface area contributed by atoms with Crippen LogP contribution in [0, 0.1) is 23.2 Å². The molecule has 0 heterocycles. The summed E-state index contributed by atoms with van der Waals surface area (Å²) in [4.78, 5) is 12.5. The molecule has 0 unspecified atom stereocenters. The molecule has 0 bridgehead atoms. The minimum atomic E-state index is -0.0371. The molecule has 2 saturated carbocycles. The number of aryl methyl sites for hydroxylation is 1. The van der Waals surface area contributed by atoms with Crippen LogP contribution in [0.5, 0.6) is 5.75 Å². The summed E-state index contributed by atoms with van der Waals surface area (Å²) in [7, 11) is 1.74. The molecule has 4 rings (SSSR count). The van der Waals surface area contributed by atoms with E-state index in [-0.39, 0.29) is 5.41 Å². The Kier molecular flexibility index (Phi) is 3.15. The van der Waals surface area contributed by atoms with Crippen molar-refractivity contribution in [1.82, 2.24) is 0 Å². The van der Waals surface area contributed by atoms with Crippen LogP contribution in [0.2, 0.25) is 0 Å². The van der Waals surface area contributed by atoms with Gasteiger partial charge in [0.15, 0.2) is 0 Å². The number of rotatable bonds is 1. The number of carbonyl (C=O) groups is 1. The van der Waals surface area contributed by atoms with E-state index in [1.54, 1.807) is 7.11 Å². The summed E-state index contributed by atoms with van der Waals surface area (Å²) in [6.07, 6.45) is 5.38. The molecule has 0 N–H and O–H groups in total. The lowest BCUT2D eigenvalue weighted by atomic mass is 9.52. The van der Waals surface area contributed by atoms with Crippen LogP contribution >= 0.6 is 0 Å². The lowest BCUT2D eigenvalue weighted by Gasteiger charge is -2.51. The largest absolute Gasteiger partial charge is 0.497 e. The van der Waals surface area contributed by atoms with Crippen molar-refractivity contribution in [1.29, 1.82) is 0 Å². The zero-order valence-electron chi connectivity index (χ0n) is 13.9. The first-order valence-corrected chi connectivity index (χ1v) is 8.74. The molecule has 0 saturated heterocycles. The van der Waals surface area contributed by atoms with Gasteiger partial charge in [0.25, 0.3) is 0 Å². The molecule has 118 valence electrons. The SMILES string of the molecule is COc1ccc2c(c1)CC[C@@H]1[C@@H]2[C@@H](C)C[C@]2(C)C(=O)CC[C@@H]12. The second kappa shape index (κ2) is 4.84. The summed E-state index contributed by atoms with van der Waals surface area (Å²) < 4.78 is 5.40. The summed E-state index contributed by atoms with van der Waals surface area (Å²) in [5, 5.41) is 0. The van der Waals surface area contributed by atoms with E-state index in [4.69, 9.17) is 4.74 Å². The van der Waals surface area contributed by atoms with E-state index in [9.17, 15) is 4.79 Å². The number of methoxy groups -OCH3 is 1. The summed E-state index contributed by atoms with van der Waals surface area (Å²) in [5.74, 6) is 4.04. The van der Waals surface area contributed by atoms with Crippen molar-refractivity contribution in [2.45, 2.75) is 51.9 Å². The lowest BCUT2D eigenvalue weighted by Crippen LogP contribution is -2.46. The molecule has 1 aromatic rings. The molecule has 0 aromatic heterocycles. The van der Waals surface area contributed by atoms with Crippen LogP contribution in [0.3, 0.4) is 0 Å². The average Bonchev–Trinajstić information content (AvgIpc) is 2.81. The Bertz CT molecular complexity index is 620. The van der Waals surface area contributed by atoms with Gasteiger partial charge in [-0.1, -0.05) is 19.9 Å². The molecule has 22 heavy (non-hydrogen) atoms. The normalized spacial score (nSPS) is 39.9. The van der Waals surface area contributed by atoms with E-state index >= 15 is 0 Å². The standard InChI is InChI=1S/C20H26O2/c1-12-11-20(2)17(8-9-18(20)21)16-6-4-13-10-14(22-3)5-7-15(13)19(12)16/h5,7,10,12,16-17,19H,4,6,8-9,11H2,1-3H3/t12-,16-,17-,19+,20-/m0/s1. The number of ether oxygens (including phenoxy) is 1. The highest BCUT2D eigenvalue weighted by atomic mass is 16.5. The van der Waals surface area contributed by atoms with Gasteiger partial charge in [-0.25, -0.2) is 0 Å². The first-order chi connectivity index (χ1) is 10.5. The van der Waals surface area contributed by atoms with Crippen molar-refractivity contribution in [3.63, 3.8) is 0 Å². The number of fused-ring (bicyclic) bond motifs is 5. The van der Waals surface area contributed by atoms with Crippen molar-refractivity contribution < 1.29 is 9.53 Å². The first kappa shape index (κ1) is 14.3. The molecule has 2 heteroatoms. The van der Waals surface area contributed by atoms with E-state index in [1.165, 1.54) is 17.5 Å². The highest BCUT2D eigenvalue weighted by Gasteiger charge is 2.56. The Morgan fingerprint density at radius 3 is 2.82 bits per heavy atom. The first-order valence-electron chi connectivity index (χ1n) is 8.74. The molecule has 2 nitrogen and oxygen atoms in total. The van der Waals surface area contributed by atoms with Gasteiger partial charge in [0.2, 0.25) is 0 Å². The van der Waals surface area contributed by atoms with E-state index < -0.39 is 0 Å². The van der Waals surface area contributed by atoms with Crippen LogP contribution in [0.1, 0.15) is 56.6 Å². The Labute approximate surface area is 133 Å². The van der Waals surface area contributed by atoms with Crippen molar-refractivity contribution in [2.75, 3.05) is 7.11 Å². The monoisotopic (exact) mass is 298 g/mol. The zero-order chi connectivity index (χ0) is 15.5. The topological polar surface area (TPSA) is 26.3 Å². The fourth-order valence-electron chi connectivity index (χ4n) is 6.01. The highest BCUT2D eigenvalue weighted by Crippen LogP contribution is 2.61. The van der Waals surface area contributed by atoms with Gasteiger partial charge in [0.1, 0.15) is 11.5 Å². The molecule has 3 aliphatic carbocycles. The van der Waals surface area contributed by atoms with E-state index in [0.717, 1.165) is 31.4 Å². The van der Waals surface area contributed by atoms with E-state index in [0.29, 0.717) is 29.5 Å². The fraction of sp³-hybridized carbons (Fsp3) is 0.650. The molecule has 0 radical (unpaired) electrons. The van der Waals surface area contributed by atoms with Crippen LogP contribution in [-0.4, -0.2) is 12.9 Å². The minimum Gasteiger partial charge on any atom is -0.497 e. The maximum absolute atomic E-state index is 12.5. The molecule has 0 amide bonds. The van der Waals surface area contributed by atoms with Gasteiger partial charge in [-0.3, -0.25) is 4.79 Å². The number of hydrogen-bond acceptors (Lipinski definition) is 2. The van der Waals surface area contributed by atoms with Crippen LogP contribution in [0.4, 0.5) is 0 Å². The van der Waals surface area contributed by atoms with Gasteiger partial charge in [-0.15, -0.1) is 0 Å². The van der Waals surface area contributed by atoms with Gasteiger partial charge < -0.3 is 4.74 Å². The highest BCUT2D eigenvalue weighted by molar-refractivity contribution is 5.87. The Morgan fingerprint density at radius 2 is 2.05 bits per heavy atom. The Balaban J connectivity index is 1.75. The van der Waals surface area contributed by atoms with E-state index in [1.807, 2.05) is 0 Å². The third kappa shape index (κ3) is 1.82. The molecular weight excluding hydrogens is 272 g/mol. The molecule has 3 aliphatic rings. The Hall–Kier alpha value is -1.31. The predicted octanol–water partition coefficient (Wildman–Crippen LogP) is 4.37. The maximum Gasteiger partial charge on any atom is 0.139 e. The quantitative estimate of drug-likeness (QED) is 0.769.